The van der Waals surface area contributed by atoms with Crippen molar-refractivity contribution in [3.63, 3.8) is 0 Å². The molecule has 5 nitrogen and oxygen atoms in total. The molecule has 2 aliphatic heterocycles. The fourth-order valence-corrected chi connectivity index (χ4v) is 2.81. The number of aromatic amines is 1. The largest absolute Gasteiger partial charge is 0.367 e. The van der Waals surface area contributed by atoms with E-state index in [0.29, 0.717) is 12.0 Å². The van der Waals surface area contributed by atoms with Crippen molar-refractivity contribution in [3.05, 3.63) is 24.0 Å². The molecule has 2 fully saturated rings. The molecule has 0 bridgehead atoms. The number of hydrogen-bond acceptors (Lipinski definition) is 2. The van der Waals surface area contributed by atoms with Gasteiger partial charge in [0, 0.05) is 25.4 Å². The maximum Gasteiger partial charge on any atom is 0.255 e. The van der Waals surface area contributed by atoms with E-state index in [9.17, 15) is 9.59 Å². The third-order valence-corrected chi connectivity index (χ3v) is 3.67. The lowest BCUT2D eigenvalue weighted by molar-refractivity contribution is -0.123. The van der Waals surface area contributed by atoms with Crippen LogP contribution in [0, 0.1) is 0 Å². The summed E-state index contributed by atoms with van der Waals surface area (Å²) in [5.41, 5.74) is 0.697. The Hall–Kier alpha value is -1.78. The van der Waals surface area contributed by atoms with Crippen LogP contribution in [-0.4, -0.2) is 40.3 Å². The molecule has 2 atom stereocenters. The number of hydrogen-bond donors (Lipinski definition) is 2. The van der Waals surface area contributed by atoms with Gasteiger partial charge in [-0.15, -0.1) is 0 Å². The van der Waals surface area contributed by atoms with E-state index in [4.69, 9.17) is 0 Å². The highest BCUT2D eigenvalue weighted by molar-refractivity contribution is 5.94. The number of fused-ring (bicyclic) bond motifs is 1. The van der Waals surface area contributed by atoms with Crippen molar-refractivity contribution in [2.24, 2.45) is 0 Å². The fourth-order valence-electron chi connectivity index (χ4n) is 2.81. The minimum absolute atomic E-state index is 0.0647. The number of nitrogens with zero attached hydrogens (tertiary/aromatic N) is 1. The summed E-state index contributed by atoms with van der Waals surface area (Å²) >= 11 is 0. The fraction of sp³-hybridized carbons (Fsp3) is 0.500. The molecule has 0 saturated carbocycles. The number of carbonyl (C=O) groups excluding carboxylic acids is 2. The van der Waals surface area contributed by atoms with Gasteiger partial charge < -0.3 is 15.2 Å². The monoisotopic (exact) mass is 233 g/mol. The summed E-state index contributed by atoms with van der Waals surface area (Å²) in [6.07, 6.45) is 5.65. The van der Waals surface area contributed by atoms with E-state index >= 15 is 0 Å². The molecule has 2 N–H and O–H groups in total. The summed E-state index contributed by atoms with van der Waals surface area (Å²) in [6.45, 7) is 0.736. The summed E-state index contributed by atoms with van der Waals surface area (Å²) in [5, 5.41) is 2.97. The number of amides is 2. The Morgan fingerprint density at radius 2 is 2.29 bits per heavy atom. The zero-order chi connectivity index (χ0) is 11.8. The number of nitrogens with one attached hydrogen (secondary N) is 2. The molecule has 0 aliphatic carbocycles. The average molecular weight is 233 g/mol. The smallest absolute Gasteiger partial charge is 0.255 e. The summed E-state index contributed by atoms with van der Waals surface area (Å²) in [6, 6.07) is 2.12. The highest BCUT2D eigenvalue weighted by Crippen LogP contribution is 2.26. The molecule has 3 heterocycles. The van der Waals surface area contributed by atoms with Crippen molar-refractivity contribution in [2.75, 3.05) is 6.54 Å². The van der Waals surface area contributed by atoms with Crippen LogP contribution in [0.2, 0.25) is 0 Å². The van der Waals surface area contributed by atoms with Crippen molar-refractivity contribution < 1.29 is 9.59 Å². The molecule has 0 aromatic carbocycles. The maximum absolute atomic E-state index is 12.2. The van der Waals surface area contributed by atoms with E-state index < -0.39 is 0 Å². The topological polar surface area (TPSA) is 65.2 Å². The van der Waals surface area contributed by atoms with Gasteiger partial charge in [-0.3, -0.25) is 9.59 Å². The quantitative estimate of drug-likeness (QED) is 0.742. The third kappa shape index (κ3) is 1.71. The minimum atomic E-state index is 0.0647. The lowest BCUT2D eigenvalue weighted by Gasteiger charge is -2.31. The highest BCUT2D eigenvalue weighted by Gasteiger charge is 2.40. The molecule has 2 saturated heterocycles. The Morgan fingerprint density at radius 3 is 3.06 bits per heavy atom. The van der Waals surface area contributed by atoms with Crippen LogP contribution in [0.1, 0.15) is 29.6 Å². The lowest BCUT2D eigenvalue weighted by Crippen LogP contribution is -2.50. The van der Waals surface area contributed by atoms with Crippen LogP contribution in [0.15, 0.2) is 18.5 Å². The summed E-state index contributed by atoms with van der Waals surface area (Å²) in [5.74, 6) is 0.178. The molecule has 0 unspecified atom stereocenters. The SMILES string of the molecule is O=C1CC[C@H]2[C@H](CCN2C(=O)c2cc[nH]c2)N1. The molecule has 0 radical (unpaired) electrons. The lowest BCUT2D eigenvalue weighted by atomic mass is 9.99. The Balaban J connectivity index is 1.77. The molecule has 90 valence electrons. The standard InChI is InChI=1S/C12H15N3O2/c16-11-2-1-10-9(14-11)4-6-15(10)12(17)8-3-5-13-7-8/h3,5,7,9-10,13H,1-2,4,6H2,(H,14,16)/t9-,10-/m0/s1. The van der Waals surface area contributed by atoms with Gasteiger partial charge in [0.25, 0.3) is 5.91 Å². The molecular weight excluding hydrogens is 218 g/mol. The average Bonchev–Trinajstić information content (AvgIpc) is 2.96. The second-order valence-corrected chi connectivity index (χ2v) is 4.67. The highest BCUT2D eigenvalue weighted by atomic mass is 16.2. The van der Waals surface area contributed by atoms with Gasteiger partial charge in [-0.05, 0) is 18.9 Å². The van der Waals surface area contributed by atoms with Gasteiger partial charge in [-0.2, -0.15) is 0 Å². The van der Waals surface area contributed by atoms with Gasteiger partial charge in [-0.25, -0.2) is 0 Å². The van der Waals surface area contributed by atoms with Gasteiger partial charge in [0.05, 0.1) is 17.6 Å². The summed E-state index contributed by atoms with van der Waals surface area (Å²) < 4.78 is 0. The molecule has 0 spiro atoms. The first-order valence-electron chi connectivity index (χ1n) is 5.99. The predicted octanol–water partition coefficient (Wildman–Crippen LogP) is 0.508. The predicted molar refractivity (Wildman–Crippen MR) is 61.4 cm³/mol. The zero-order valence-corrected chi connectivity index (χ0v) is 9.48. The van der Waals surface area contributed by atoms with Gasteiger partial charge in [-0.1, -0.05) is 0 Å². The van der Waals surface area contributed by atoms with E-state index in [1.165, 1.54) is 0 Å². The van der Waals surface area contributed by atoms with Crippen LogP contribution in [0.4, 0.5) is 0 Å². The molecule has 3 rings (SSSR count). The summed E-state index contributed by atoms with van der Waals surface area (Å²) in [7, 11) is 0. The van der Waals surface area contributed by atoms with Crippen molar-refractivity contribution in [3.8, 4) is 0 Å². The molecule has 1 aromatic heterocycles. The van der Waals surface area contributed by atoms with Crippen LogP contribution >= 0.6 is 0 Å². The van der Waals surface area contributed by atoms with E-state index in [0.717, 1.165) is 19.4 Å². The van der Waals surface area contributed by atoms with Gasteiger partial charge in [0.2, 0.25) is 5.91 Å². The molecule has 5 heteroatoms. The number of rotatable bonds is 1. The first kappa shape index (κ1) is 10.4. The first-order valence-corrected chi connectivity index (χ1v) is 5.99. The van der Waals surface area contributed by atoms with Crippen molar-refractivity contribution in [2.45, 2.75) is 31.3 Å². The van der Waals surface area contributed by atoms with Crippen LogP contribution in [0.5, 0.6) is 0 Å². The second kappa shape index (κ2) is 3.91. The third-order valence-electron chi connectivity index (χ3n) is 3.67. The van der Waals surface area contributed by atoms with Crippen LogP contribution in [-0.2, 0) is 4.79 Å². The van der Waals surface area contributed by atoms with Gasteiger partial charge in [0.15, 0.2) is 0 Å². The Labute approximate surface area is 99.2 Å². The van der Waals surface area contributed by atoms with E-state index in [-0.39, 0.29) is 23.9 Å². The normalized spacial score (nSPS) is 27.8. The van der Waals surface area contributed by atoms with Crippen molar-refractivity contribution in [1.82, 2.24) is 15.2 Å². The number of aromatic nitrogens is 1. The Bertz CT molecular complexity index is 441. The molecule has 1 aromatic rings. The van der Waals surface area contributed by atoms with E-state index in [2.05, 4.69) is 10.3 Å². The van der Waals surface area contributed by atoms with Crippen LogP contribution < -0.4 is 5.32 Å². The number of H-pyrrole nitrogens is 1. The Morgan fingerprint density at radius 1 is 1.41 bits per heavy atom. The molecule has 17 heavy (non-hydrogen) atoms. The number of carbonyl (C=O) groups is 2. The van der Waals surface area contributed by atoms with Crippen LogP contribution in [0.25, 0.3) is 0 Å². The first-order chi connectivity index (χ1) is 8.25. The molecule has 2 amide bonds. The van der Waals surface area contributed by atoms with Crippen molar-refractivity contribution >= 4 is 11.8 Å². The number of likely N-dealkylation sites (tertiary alicyclic amines) is 1. The second-order valence-electron chi connectivity index (χ2n) is 4.67. The summed E-state index contributed by atoms with van der Waals surface area (Å²) in [4.78, 5) is 28.3. The Kier molecular flexibility index (Phi) is 2.39. The number of piperidine rings is 1. The molecule has 2 aliphatic rings. The van der Waals surface area contributed by atoms with Gasteiger partial charge in [0.1, 0.15) is 0 Å². The maximum atomic E-state index is 12.2. The molecular formula is C12H15N3O2. The van der Waals surface area contributed by atoms with Crippen LogP contribution in [0.3, 0.4) is 0 Å². The minimum Gasteiger partial charge on any atom is -0.367 e. The van der Waals surface area contributed by atoms with E-state index in [1.54, 1.807) is 18.5 Å². The van der Waals surface area contributed by atoms with Gasteiger partial charge >= 0.3 is 0 Å². The zero-order valence-electron chi connectivity index (χ0n) is 9.48. The van der Waals surface area contributed by atoms with Crippen molar-refractivity contribution in [1.29, 1.82) is 0 Å². The van der Waals surface area contributed by atoms with E-state index in [1.807, 2.05) is 4.90 Å².